The molecule has 3 unspecified atom stereocenters. The second kappa shape index (κ2) is 22.0. The molecular weight excluding hydrogens is 390 g/mol. The number of allylic oxidation sites excluding steroid dienone is 2. The van der Waals surface area contributed by atoms with E-state index in [1.807, 2.05) is 12.2 Å². The number of unbranched alkanes of at least 4 members (excludes halogenated alkanes) is 11. The van der Waals surface area contributed by atoms with Gasteiger partial charge in [0.05, 0.1) is 31.3 Å². The first kappa shape index (κ1) is 29.8. The molecule has 0 aliphatic rings. The van der Waals surface area contributed by atoms with Crippen LogP contribution < -0.4 is 5.32 Å². The van der Waals surface area contributed by atoms with Gasteiger partial charge in [-0.05, 0) is 32.1 Å². The quantitative estimate of drug-likeness (QED) is 0.146. The van der Waals surface area contributed by atoms with Crippen molar-refractivity contribution < 1.29 is 20.1 Å². The van der Waals surface area contributed by atoms with Crippen molar-refractivity contribution in [2.75, 3.05) is 6.61 Å². The largest absolute Gasteiger partial charge is 0.394 e. The maximum absolute atomic E-state index is 12.1. The van der Waals surface area contributed by atoms with Gasteiger partial charge in [-0.2, -0.15) is 0 Å². The van der Waals surface area contributed by atoms with Crippen molar-refractivity contribution in [2.24, 2.45) is 0 Å². The van der Waals surface area contributed by atoms with Crippen LogP contribution in [0.2, 0.25) is 0 Å². The van der Waals surface area contributed by atoms with E-state index in [1.165, 1.54) is 57.8 Å². The second-order valence-electron chi connectivity index (χ2n) is 8.60. The lowest BCUT2D eigenvalue weighted by Crippen LogP contribution is -2.45. The number of carbonyl (C=O) groups excluding carboxylic acids is 1. The fourth-order valence-corrected chi connectivity index (χ4v) is 3.45. The van der Waals surface area contributed by atoms with E-state index >= 15 is 0 Å². The number of rotatable bonds is 21. The van der Waals surface area contributed by atoms with Crippen LogP contribution in [-0.2, 0) is 4.79 Å². The molecule has 0 fully saturated rings. The summed E-state index contributed by atoms with van der Waals surface area (Å²) in [6.07, 6.45) is 21.7. The van der Waals surface area contributed by atoms with Gasteiger partial charge >= 0.3 is 0 Å². The molecule has 0 aromatic carbocycles. The summed E-state index contributed by atoms with van der Waals surface area (Å²) in [5.74, 6) is -0.359. The molecule has 31 heavy (non-hydrogen) atoms. The molecule has 5 nitrogen and oxygen atoms in total. The molecular formula is C26H49NO4. The molecule has 0 radical (unpaired) electrons. The van der Waals surface area contributed by atoms with Crippen LogP contribution >= 0.6 is 0 Å². The monoisotopic (exact) mass is 439 g/mol. The summed E-state index contributed by atoms with van der Waals surface area (Å²) in [6.45, 7) is 4.06. The minimum Gasteiger partial charge on any atom is -0.394 e. The Kier molecular flexibility index (Phi) is 21.2. The number of hydrogen-bond donors (Lipinski definition) is 4. The van der Waals surface area contributed by atoms with E-state index in [9.17, 15) is 20.1 Å². The van der Waals surface area contributed by atoms with Crippen molar-refractivity contribution >= 4 is 5.91 Å². The normalized spacial score (nSPS) is 14.9. The summed E-state index contributed by atoms with van der Waals surface area (Å²) >= 11 is 0. The summed E-state index contributed by atoms with van der Waals surface area (Å²) in [7, 11) is 0. The molecule has 5 heteroatoms. The van der Waals surface area contributed by atoms with Crippen molar-refractivity contribution in [3.63, 3.8) is 0 Å². The topological polar surface area (TPSA) is 89.8 Å². The average molecular weight is 440 g/mol. The fourth-order valence-electron chi connectivity index (χ4n) is 3.45. The molecule has 0 aliphatic carbocycles. The summed E-state index contributed by atoms with van der Waals surface area (Å²) in [5.41, 5.74) is 0. The second-order valence-corrected chi connectivity index (χ2v) is 8.60. The highest BCUT2D eigenvalue weighted by molar-refractivity contribution is 5.76. The number of nitrogens with one attached hydrogen (secondary N) is 1. The van der Waals surface area contributed by atoms with Crippen molar-refractivity contribution in [3.05, 3.63) is 24.3 Å². The predicted octanol–water partition coefficient (Wildman–Crippen LogP) is 5.19. The van der Waals surface area contributed by atoms with E-state index in [4.69, 9.17) is 0 Å². The van der Waals surface area contributed by atoms with E-state index < -0.39 is 18.2 Å². The Morgan fingerprint density at radius 1 is 0.806 bits per heavy atom. The van der Waals surface area contributed by atoms with Gasteiger partial charge in [-0.1, -0.05) is 95.9 Å². The van der Waals surface area contributed by atoms with Gasteiger partial charge in [-0.25, -0.2) is 0 Å². The third kappa shape index (κ3) is 19.3. The highest BCUT2D eigenvalue weighted by Crippen LogP contribution is 2.09. The zero-order valence-electron chi connectivity index (χ0n) is 20.1. The smallest absolute Gasteiger partial charge is 0.223 e. The van der Waals surface area contributed by atoms with Gasteiger partial charge in [0.25, 0.3) is 0 Å². The molecule has 0 aliphatic heterocycles. The molecule has 3 atom stereocenters. The molecule has 0 bridgehead atoms. The summed E-state index contributed by atoms with van der Waals surface area (Å²) < 4.78 is 0. The fraction of sp³-hybridized carbons (Fsp3) is 0.808. The van der Waals surface area contributed by atoms with E-state index in [1.54, 1.807) is 6.08 Å². The molecule has 0 aromatic rings. The first-order valence-corrected chi connectivity index (χ1v) is 12.6. The number of hydrogen-bond acceptors (Lipinski definition) is 4. The lowest BCUT2D eigenvalue weighted by molar-refractivity contribution is -0.124. The molecule has 0 saturated heterocycles. The molecule has 0 spiro atoms. The van der Waals surface area contributed by atoms with Crippen molar-refractivity contribution in [1.82, 2.24) is 5.32 Å². The Morgan fingerprint density at radius 3 is 1.97 bits per heavy atom. The van der Waals surface area contributed by atoms with E-state index in [0.717, 1.165) is 25.7 Å². The summed E-state index contributed by atoms with van der Waals surface area (Å²) in [5, 5.41) is 32.4. The van der Waals surface area contributed by atoms with Crippen LogP contribution in [0, 0.1) is 0 Å². The molecule has 0 aromatic heterocycles. The van der Waals surface area contributed by atoms with E-state index in [-0.39, 0.29) is 18.9 Å². The number of amides is 1. The van der Waals surface area contributed by atoms with Crippen LogP contribution in [0.25, 0.3) is 0 Å². The zero-order valence-corrected chi connectivity index (χ0v) is 20.1. The zero-order chi connectivity index (χ0) is 23.2. The van der Waals surface area contributed by atoms with Crippen molar-refractivity contribution in [2.45, 2.75) is 128 Å². The van der Waals surface area contributed by atoms with Gasteiger partial charge in [-0.3, -0.25) is 4.79 Å². The Balaban J connectivity index is 4.00. The van der Waals surface area contributed by atoms with Gasteiger partial charge in [0.1, 0.15) is 0 Å². The van der Waals surface area contributed by atoms with E-state index in [2.05, 4.69) is 25.2 Å². The van der Waals surface area contributed by atoms with E-state index in [0.29, 0.717) is 6.42 Å². The molecule has 0 saturated carbocycles. The van der Waals surface area contributed by atoms with Crippen molar-refractivity contribution in [3.8, 4) is 0 Å². The number of carbonyl (C=O) groups is 1. The average Bonchev–Trinajstić information content (AvgIpc) is 2.75. The van der Waals surface area contributed by atoms with Crippen molar-refractivity contribution in [1.29, 1.82) is 0 Å². The third-order valence-corrected chi connectivity index (χ3v) is 5.48. The van der Waals surface area contributed by atoms with Gasteiger partial charge in [0, 0.05) is 0 Å². The van der Waals surface area contributed by atoms with Gasteiger partial charge in [0.2, 0.25) is 5.91 Å². The lowest BCUT2D eigenvalue weighted by atomic mass is 10.1. The van der Waals surface area contributed by atoms with Crippen LogP contribution in [0.15, 0.2) is 24.3 Å². The molecule has 0 rings (SSSR count). The van der Waals surface area contributed by atoms with Crippen LogP contribution in [0.4, 0.5) is 0 Å². The van der Waals surface area contributed by atoms with Crippen LogP contribution in [0.1, 0.15) is 110 Å². The Morgan fingerprint density at radius 2 is 1.35 bits per heavy atom. The van der Waals surface area contributed by atoms with Gasteiger partial charge < -0.3 is 20.6 Å². The third-order valence-electron chi connectivity index (χ3n) is 5.48. The molecule has 4 N–H and O–H groups in total. The first-order chi connectivity index (χ1) is 15.0. The highest BCUT2D eigenvalue weighted by atomic mass is 16.3. The predicted molar refractivity (Wildman–Crippen MR) is 130 cm³/mol. The highest BCUT2D eigenvalue weighted by Gasteiger charge is 2.19. The summed E-state index contributed by atoms with van der Waals surface area (Å²) in [4.78, 5) is 12.1. The van der Waals surface area contributed by atoms with Gasteiger partial charge in [0.15, 0.2) is 0 Å². The van der Waals surface area contributed by atoms with Crippen LogP contribution in [-0.4, -0.2) is 46.1 Å². The minimum atomic E-state index is -0.932. The Bertz CT molecular complexity index is 464. The van der Waals surface area contributed by atoms with Crippen LogP contribution in [0.3, 0.4) is 0 Å². The SMILES string of the molecule is CCCCCC/C=C\CC(O)CC(=O)NC(CO)C(O)/C=C/CCCCCCCCC. The minimum absolute atomic E-state index is 0.0366. The standard InChI is InChI=1S/C26H49NO4/c1-3-5-7-9-11-12-14-16-18-20-25(30)24(22-28)27-26(31)21-23(29)19-17-15-13-10-8-6-4-2/h15,17-18,20,23-25,28-30H,3-14,16,19,21-22H2,1-2H3,(H,27,31)/b17-15-,20-18+. The first-order valence-electron chi connectivity index (χ1n) is 12.6. The number of aliphatic hydroxyl groups is 3. The number of aliphatic hydroxyl groups excluding tert-OH is 3. The molecule has 0 heterocycles. The van der Waals surface area contributed by atoms with Crippen LogP contribution in [0.5, 0.6) is 0 Å². The molecule has 1 amide bonds. The Hall–Kier alpha value is -1.17. The maximum atomic E-state index is 12.1. The molecule has 182 valence electrons. The lowest BCUT2D eigenvalue weighted by Gasteiger charge is -2.20. The maximum Gasteiger partial charge on any atom is 0.223 e. The van der Waals surface area contributed by atoms with Gasteiger partial charge in [-0.15, -0.1) is 0 Å². The summed E-state index contributed by atoms with van der Waals surface area (Å²) in [6, 6.07) is -0.751. The Labute approximate surface area is 191 Å².